The van der Waals surface area contributed by atoms with E-state index in [9.17, 15) is 9.59 Å². The van der Waals surface area contributed by atoms with Crippen molar-refractivity contribution in [2.24, 2.45) is 10.7 Å². The highest BCUT2D eigenvalue weighted by Gasteiger charge is 2.38. The molecule has 0 aliphatic carbocycles. The van der Waals surface area contributed by atoms with Gasteiger partial charge in [0.25, 0.3) is 0 Å². The number of aliphatic imine (C=N–C) groups is 1. The average molecular weight is 416 g/mol. The minimum atomic E-state index is -0.674. The molecule has 154 valence electrons. The summed E-state index contributed by atoms with van der Waals surface area (Å²) in [6, 6.07) is 8.80. The number of isocyanates is 1. The van der Waals surface area contributed by atoms with E-state index in [-0.39, 0.29) is 12.6 Å². The third-order valence-corrected chi connectivity index (χ3v) is 5.57. The van der Waals surface area contributed by atoms with Gasteiger partial charge in [0.1, 0.15) is 23.8 Å². The molecule has 0 saturated carbocycles. The van der Waals surface area contributed by atoms with Gasteiger partial charge >= 0.3 is 5.97 Å². The minimum Gasteiger partial charge on any atom is -0.478 e. The van der Waals surface area contributed by atoms with E-state index in [1.807, 2.05) is 30.3 Å². The Morgan fingerprint density at radius 3 is 2.69 bits per heavy atom. The van der Waals surface area contributed by atoms with Gasteiger partial charge in [-0.1, -0.05) is 30.3 Å². The minimum absolute atomic E-state index is 0.263. The molecule has 2 aromatic rings. The number of fused-ring (bicyclic) bond motifs is 1. The number of rotatable bonds is 6. The Labute approximate surface area is 173 Å². The summed E-state index contributed by atoms with van der Waals surface area (Å²) in [7, 11) is 0. The monoisotopic (exact) mass is 415 g/mol. The fraction of sp³-hybridized carbons (Fsp3) is 0.429. The van der Waals surface area contributed by atoms with E-state index in [4.69, 9.17) is 15.2 Å². The average Bonchev–Trinajstić information content (AvgIpc) is 3.05. The SMILES string of the molecule is CC(C)(C)OC(=O)c1c(OCc2ccccc2)sc2c1C(N=C=O)C(CN)NC2. The van der Waals surface area contributed by atoms with Crippen molar-refractivity contribution in [2.75, 3.05) is 6.54 Å². The zero-order valence-electron chi connectivity index (χ0n) is 16.7. The number of carbonyl (C=O) groups excluding carboxylic acids is 2. The zero-order valence-corrected chi connectivity index (χ0v) is 17.5. The fourth-order valence-electron chi connectivity index (χ4n) is 3.22. The van der Waals surface area contributed by atoms with E-state index in [0.717, 1.165) is 10.4 Å². The predicted molar refractivity (Wildman–Crippen MR) is 111 cm³/mol. The largest absolute Gasteiger partial charge is 0.478 e. The molecule has 2 unspecified atom stereocenters. The summed E-state index contributed by atoms with van der Waals surface area (Å²) >= 11 is 1.36. The number of nitrogens with zero attached hydrogens (tertiary/aromatic N) is 1. The smallest absolute Gasteiger partial charge is 0.343 e. The molecule has 0 radical (unpaired) electrons. The van der Waals surface area contributed by atoms with Crippen molar-refractivity contribution in [2.45, 2.75) is 51.6 Å². The van der Waals surface area contributed by atoms with E-state index in [0.29, 0.717) is 29.3 Å². The number of hydrogen-bond donors (Lipinski definition) is 2. The standard InChI is InChI=1S/C21H25N3O4S/c1-21(2,3)28-19(26)17-16-15(10-23-14(9-22)18(16)24-12-25)29-20(17)27-11-13-7-5-4-6-8-13/h4-8,14,18,23H,9-11,22H2,1-3H3. The number of carbonyl (C=O) groups is 1. The molecule has 7 nitrogen and oxygen atoms in total. The molecule has 3 N–H and O–H groups in total. The first-order valence-corrected chi connectivity index (χ1v) is 10.2. The molecular formula is C21H25N3O4S. The van der Waals surface area contributed by atoms with Crippen molar-refractivity contribution in [1.29, 1.82) is 0 Å². The Kier molecular flexibility index (Phi) is 6.49. The molecule has 0 saturated heterocycles. The van der Waals surface area contributed by atoms with Gasteiger partial charge in [-0.05, 0) is 26.3 Å². The molecule has 0 spiro atoms. The molecule has 3 rings (SSSR count). The highest BCUT2D eigenvalue weighted by Crippen LogP contribution is 2.44. The second-order valence-electron chi connectivity index (χ2n) is 7.77. The first-order chi connectivity index (χ1) is 13.8. The van der Waals surface area contributed by atoms with Gasteiger partial charge in [0.2, 0.25) is 6.08 Å². The molecule has 8 heteroatoms. The van der Waals surface area contributed by atoms with Crippen molar-refractivity contribution >= 4 is 23.4 Å². The van der Waals surface area contributed by atoms with Crippen LogP contribution in [0.2, 0.25) is 0 Å². The van der Waals surface area contributed by atoms with Gasteiger partial charge in [-0.2, -0.15) is 4.99 Å². The van der Waals surface area contributed by atoms with Gasteiger partial charge in [0.05, 0.1) is 0 Å². The fourth-order valence-corrected chi connectivity index (χ4v) is 4.34. The van der Waals surface area contributed by atoms with Crippen LogP contribution in [0, 0.1) is 0 Å². The zero-order chi connectivity index (χ0) is 21.0. The molecule has 0 amide bonds. The molecule has 1 aliphatic heterocycles. The lowest BCUT2D eigenvalue weighted by atomic mass is 9.92. The summed E-state index contributed by atoms with van der Waals surface area (Å²) in [4.78, 5) is 29.0. The Morgan fingerprint density at radius 1 is 1.34 bits per heavy atom. The topological polar surface area (TPSA) is 103 Å². The number of nitrogens with one attached hydrogen (secondary N) is 1. The number of esters is 1. The van der Waals surface area contributed by atoms with Crippen LogP contribution >= 0.6 is 11.3 Å². The highest BCUT2D eigenvalue weighted by atomic mass is 32.1. The summed E-state index contributed by atoms with van der Waals surface area (Å²) in [5, 5.41) is 3.72. The summed E-state index contributed by atoms with van der Waals surface area (Å²) < 4.78 is 11.7. The maximum Gasteiger partial charge on any atom is 0.343 e. The molecule has 1 aromatic heterocycles. The number of hydrogen-bond acceptors (Lipinski definition) is 8. The first-order valence-electron chi connectivity index (χ1n) is 9.40. The van der Waals surface area contributed by atoms with Crippen LogP contribution in [-0.2, 0) is 22.7 Å². The number of thiophene rings is 1. The quantitative estimate of drug-likeness (QED) is 0.427. The van der Waals surface area contributed by atoms with Gasteiger partial charge in [0, 0.05) is 29.6 Å². The van der Waals surface area contributed by atoms with Crippen molar-refractivity contribution in [3.8, 4) is 5.06 Å². The lowest BCUT2D eigenvalue weighted by Gasteiger charge is -2.29. The number of ether oxygens (including phenoxy) is 2. The van der Waals surface area contributed by atoms with E-state index in [2.05, 4.69) is 10.3 Å². The second kappa shape index (κ2) is 8.88. The summed E-state index contributed by atoms with van der Waals surface area (Å²) in [6.45, 7) is 6.50. The lowest BCUT2D eigenvalue weighted by molar-refractivity contribution is 0.00642. The molecule has 0 fully saturated rings. The summed E-state index contributed by atoms with van der Waals surface area (Å²) in [5.41, 5.74) is 7.12. The van der Waals surface area contributed by atoms with Crippen LogP contribution < -0.4 is 15.8 Å². The van der Waals surface area contributed by atoms with Crippen LogP contribution in [0.1, 0.15) is 53.2 Å². The third kappa shape index (κ3) is 4.92. The van der Waals surface area contributed by atoms with Crippen molar-refractivity contribution in [3.63, 3.8) is 0 Å². The molecule has 1 aromatic carbocycles. The van der Waals surface area contributed by atoms with Crippen molar-refractivity contribution in [3.05, 3.63) is 51.9 Å². The molecule has 2 atom stereocenters. The van der Waals surface area contributed by atoms with E-state index in [1.54, 1.807) is 26.9 Å². The highest BCUT2D eigenvalue weighted by molar-refractivity contribution is 7.14. The molecule has 2 heterocycles. The normalized spacial score (nSPS) is 18.5. The van der Waals surface area contributed by atoms with Gasteiger partial charge in [-0.3, -0.25) is 0 Å². The first kappa shape index (κ1) is 21.2. The van der Waals surface area contributed by atoms with Gasteiger partial charge in [0.15, 0.2) is 5.06 Å². The third-order valence-electron chi connectivity index (χ3n) is 4.45. The number of nitrogens with two attached hydrogens (primary N) is 1. The second-order valence-corrected chi connectivity index (χ2v) is 8.83. The van der Waals surface area contributed by atoms with Gasteiger partial charge < -0.3 is 20.5 Å². The van der Waals surface area contributed by atoms with Crippen LogP contribution in [0.5, 0.6) is 5.06 Å². The maximum absolute atomic E-state index is 13.1. The number of benzene rings is 1. The Hall–Kier alpha value is -2.51. The predicted octanol–water partition coefficient (Wildman–Crippen LogP) is 3.09. The van der Waals surface area contributed by atoms with E-state index >= 15 is 0 Å². The van der Waals surface area contributed by atoms with Gasteiger partial charge in [-0.25, -0.2) is 9.59 Å². The van der Waals surface area contributed by atoms with Crippen LogP contribution in [0.3, 0.4) is 0 Å². The maximum atomic E-state index is 13.1. The molecule has 1 aliphatic rings. The molecular weight excluding hydrogens is 390 g/mol. The van der Waals surface area contributed by atoms with Crippen molar-refractivity contribution in [1.82, 2.24) is 5.32 Å². The lowest BCUT2D eigenvalue weighted by Crippen LogP contribution is -2.43. The molecule has 0 bridgehead atoms. The van der Waals surface area contributed by atoms with E-state index in [1.165, 1.54) is 11.3 Å². The van der Waals surface area contributed by atoms with Crippen LogP contribution in [0.4, 0.5) is 0 Å². The molecule has 29 heavy (non-hydrogen) atoms. The Morgan fingerprint density at radius 2 is 2.07 bits per heavy atom. The van der Waals surface area contributed by atoms with E-state index < -0.39 is 17.6 Å². The van der Waals surface area contributed by atoms with Crippen molar-refractivity contribution < 1.29 is 19.1 Å². The Balaban J connectivity index is 2.04. The summed E-state index contributed by atoms with van der Waals surface area (Å²) in [6.07, 6.45) is 1.62. The summed E-state index contributed by atoms with van der Waals surface area (Å²) in [5.74, 6) is -0.498. The van der Waals surface area contributed by atoms with Crippen LogP contribution in [0.25, 0.3) is 0 Å². The van der Waals surface area contributed by atoms with Crippen LogP contribution in [0.15, 0.2) is 35.3 Å². The Bertz CT molecular complexity index is 914. The van der Waals surface area contributed by atoms with Gasteiger partial charge in [-0.15, -0.1) is 11.3 Å². The van der Waals surface area contributed by atoms with Crippen LogP contribution in [-0.4, -0.2) is 30.2 Å².